The van der Waals surface area contributed by atoms with E-state index in [1.165, 1.54) is 19.3 Å². The van der Waals surface area contributed by atoms with Crippen LogP contribution in [0.25, 0.3) is 22.2 Å². The average molecular weight is 303 g/mol. The quantitative estimate of drug-likeness (QED) is 0.627. The van der Waals surface area contributed by atoms with Crippen LogP contribution in [0.5, 0.6) is 5.75 Å². The van der Waals surface area contributed by atoms with Crippen LogP contribution in [0.15, 0.2) is 60.7 Å². The van der Waals surface area contributed by atoms with Gasteiger partial charge in [0.15, 0.2) is 0 Å². The van der Waals surface area contributed by atoms with Crippen LogP contribution in [-0.2, 0) is 0 Å². The van der Waals surface area contributed by atoms with E-state index in [2.05, 4.69) is 36.4 Å². The number of pyridine rings is 1. The van der Waals surface area contributed by atoms with Crippen molar-refractivity contribution in [3.05, 3.63) is 60.7 Å². The SMILES string of the molecule is c1ccc(-c2cc(OC3CCCCC3)c3ccccc3n2)cc1. The fraction of sp³-hybridized carbons (Fsp3) is 0.286. The molecule has 1 aliphatic carbocycles. The van der Waals surface area contributed by atoms with Crippen LogP contribution in [0.2, 0.25) is 0 Å². The lowest BCUT2D eigenvalue weighted by Crippen LogP contribution is -2.19. The molecule has 0 spiro atoms. The summed E-state index contributed by atoms with van der Waals surface area (Å²) in [7, 11) is 0. The van der Waals surface area contributed by atoms with Gasteiger partial charge in [0.25, 0.3) is 0 Å². The molecule has 4 rings (SSSR count). The fourth-order valence-electron chi connectivity index (χ4n) is 3.36. The number of fused-ring (bicyclic) bond motifs is 1. The van der Waals surface area contributed by atoms with Gasteiger partial charge in [0.2, 0.25) is 0 Å². The van der Waals surface area contributed by atoms with Crippen molar-refractivity contribution in [2.45, 2.75) is 38.2 Å². The smallest absolute Gasteiger partial charge is 0.131 e. The second kappa shape index (κ2) is 6.41. The van der Waals surface area contributed by atoms with Crippen molar-refractivity contribution >= 4 is 10.9 Å². The van der Waals surface area contributed by atoms with E-state index in [-0.39, 0.29) is 0 Å². The first-order chi connectivity index (χ1) is 11.4. The molecule has 116 valence electrons. The van der Waals surface area contributed by atoms with Crippen LogP contribution in [0.3, 0.4) is 0 Å². The summed E-state index contributed by atoms with van der Waals surface area (Å²) in [5.41, 5.74) is 3.11. The molecule has 0 aliphatic heterocycles. The standard InChI is InChI=1S/C21H21NO/c1-3-9-16(10-4-1)20-15-21(23-17-11-5-2-6-12-17)18-13-7-8-14-19(18)22-20/h1,3-4,7-10,13-15,17H,2,5-6,11-12H2. The van der Waals surface area contributed by atoms with Gasteiger partial charge in [0, 0.05) is 17.0 Å². The summed E-state index contributed by atoms with van der Waals surface area (Å²) in [5, 5.41) is 1.11. The van der Waals surface area contributed by atoms with Crippen LogP contribution in [0.4, 0.5) is 0 Å². The van der Waals surface area contributed by atoms with Crippen molar-refractivity contribution in [1.82, 2.24) is 4.98 Å². The van der Waals surface area contributed by atoms with Gasteiger partial charge in [-0.25, -0.2) is 4.98 Å². The Bertz CT molecular complexity index is 791. The molecule has 0 amide bonds. The predicted octanol–water partition coefficient (Wildman–Crippen LogP) is 5.61. The number of hydrogen-bond acceptors (Lipinski definition) is 2. The highest BCUT2D eigenvalue weighted by molar-refractivity contribution is 5.87. The monoisotopic (exact) mass is 303 g/mol. The second-order valence-corrected chi connectivity index (χ2v) is 6.27. The first-order valence-electron chi connectivity index (χ1n) is 8.52. The van der Waals surface area contributed by atoms with E-state index in [1.54, 1.807) is 0 Å². The molecule has 0 bridgehead atoms. The molecule has 3 aromatic rings. The highest BCUT2D eigenvalue weighted by Crippen LogP contribution is 2.32. The highest BCUT2D eigenvalue weighted by Gasteiger charge is 2.17. The van der Waals surface area contributed by atoms with E-state index in [0.29, 0.717) is 6.10 Å². The van der Waals surface area contributed by atoms with E-state index < -0.39 is 0 Å². The van der Waals surface area contributed by atoms with Gasteiger partial charge < -0.3 is 4.74 Å². The van der Waals surface area contributed by atoms with Crippen molar-refractivity contribution in [3.63, 3.8) is 0 Å². The van der Waals surface area contributed by atoms with Crippen LogP contribution in [-0.4, -0.2) is 11.1 Å². The Morgan fingerprint density at radius 2 is 1.57 bits per heavy atom. The lowest BCUT2D eigenvalue weighted by atomic mass is 9.97. The van der Waals surface area contributed by atoms with Gasteiger partial charge in [0.05, 0.1) is 17.3 Å². The summed E-state index contributed by atoms with van der Waals surface area (Å²) in [5.74, 6) is 0.973. The molecule has 0 unspecified atom stereocenters. The lowest BCUT2D eigenvalue weighted by Gasteiger charge is -2.24. The number of aromatic nitrogens is 1. The van der Waals surface area contributed by atoms with E-state index in [1.807, 2.05) is 24.3 Å². The molecule has 2 heteroatoms. The molecule has 23 heavy (non-hydrogen) atoms. The van der Waals surface area contributed by atoms with Crippen molar-refractivity contribution in [1.29, 1.82) is 0 Å². The maximum atomic E-state index is 6.39. The van der Waals surface area contributed by atoms with Gasteiger partial charge in [0.1, 0.15) is 5.75 Å². The number of benzene rings is 2. The first kappa shape index (κ1) is 14.3. The minimum absolute atomic E-state index is 0.346. The van der Waals surface area contributed by atoms with Gasteiger partial charge in [-0.3, -0.25) is 0 Å². The minimum Gasteiger partial charge on any atom is -0.490 e. The van der Waals surface area contributed by atoms with Gasteiger partial charge in [-0.05, 0) is 37.8 Å². The second-order valence-electron chi connectivity index (χ2n) is 6.27. The topological polar surface area (TPSA) is 22.1 Å². The summed E-state index contributed by atoms with van der Waals surface area (Å²) in [6.07, 6.45) is 6.57. The molecule has 1 saturated carbocycles. The molecule has 0 atom stereocenters. The van der Waals surface area contributed by atoms with E-state index in [9.17, 15) is 0 Å². The normalized spacial score (nSPS) is 15.7. The summed E-state index contributed by atoms with van der Waals surface area (Å²) < 4.78 is 6.39. The van der Waals surface area contributed by atoms with Crippen molar-refractivity contribution < 1.29 is 4.74 Å². The lowest BCUT2D eigenvalue weighted by molar-refractivity contribution is 0.157. The van der Waals surface area contributed by atoms with Gasteiger partial charge >= 0.3 is 0 Å². The molecule has 1 aliphatic rings. The van der Waals surface area contributed by atoms with Gasteiger partial charge in [-0.2, -0.15) is 0 Å². The number of nitrogens with zero attached hydrogens (tertiary/aromatic N) is 1. The molecular formula is C21H21NO. The van der Waals surface area contributed by atoms with Crippen molar-refractivity contribution in [2.24, 2.45) is 0 Å². The summed E-state index contributed by atoms with van der Waals surface area (Å²) >= 11 is 0. The summed E-state index contributed by atoms with van der Waals surface area (Å²) in [6.45, 7) is 0. The molecule has 1 heterocycles. The van der Waals surface area contributed by atoms with Crippen LogP contribution >= 0.6 is 0 Å². The van der Waals surface area contributed by atoms with Gasteiger partial charge in [-0.15, -0.1) is 0 Å². The highest BCUT2D eigenvalue weighted by atomic mass is 16.5. The van der Waals surface area contributed by atoms with Crippen molar-refractivity contribution in [3.8, 4) is 17.0 Å². The minimum atomic E-state index is 0.346. The molecule has 2 nitrogen and oxygen atoms in total. The Labute approximate surface area is 137 Å². The largest absolute Gasteiger partial charge is 0.490 e. The number of ether oxygens (including phenoxy) is 1. The van der Waals surface area contributed by atoms with E-state index in [0.717, 1.165) is 40.8 Å². The number of para-hydroxylation sites is 1. The van der Waals surface area contributed by atoms with Crippen LogP contribution in [0, 0.1) is 0 Å². The van der Waals surface area contributed by atoms with E-state index in [4.69, 9.17) is 9.72 Å². The fourth-order valence-corrected chi connectivity index (χ4v) is 3.36. The third-order valence-electron chi connectivity index (χ3n) is 4.59. The van der Waals surface area contributed by atoms with Crippen LogP contribution < -0.4 is 4.74 Å². The molecule has 0 saturated heterocycles. The molecule has 1 fully saturated rings. The summed E-state index contributed by atoms with van der Waals surface area (Å²) in [6, 6.07) is 20.7. The molecule has 1 aromatic heterocycles. The number of rotatable bonds is 3. The van der Waals surface area contributed by atoms with Gasteiger partial charge in [-0.1, -0.05) is 48.9 Å². The van der Waals surface area contributed by atoms with Crippen molar-refractivity contribution in [2.75, 3.05) is 0 Å². The Morgan fingerprint density at radius 1 is 0.826 bits per heavy atom. The molecular weight excluding hydrogens is 282 g/mol. The zero-order chi connectivity index (χ0) is 15.5. The predicted molar refractivity (Wildman–Crippen MR) is 94.7 cm³/mol. The average Bonchev–Trinajstić information content (AvgIpc) is 2.63. The Balaban J connectivity index is 1.77. The number of hydrogen-bond donors (Lipinski definition) is 0. The Morgan fingerprint density at radius 3 is 2.39 bits per heavy atom. The zero-order valence-electron chi connectivity index (χ0n) is 13.2. The maximum Gasteiger partial charge on any atom is 0.131 e. The molecule has 2 aromatic carbocycles. The third kappa shape index (κ3) is 3.07. The maximum absolute atomic E-state index is 6.39. The first-order valence-corrected chi connectivity index (χ1v) is 8.52. The zero-order valence-corrected chi connectivity index (χ0v) is 13.2. The third-order valence-corrected chi connectivity index (χ3v) is 4.59. The molecule has 0 N–H and O–H groups in total. The van der Waals surface area contributed by atoms with E-state index >= 15 is 0 Å². The summed E-state index contributed by atoms with van der Waals surface area (Å²) in [4.78, 5) is 4.82. The Hall–Kier alpha value is -2.35. The van der Waals surface area contributed by atoms with Crippen LogP contribution in [0.1, 0.15) is 32.1 Å². The Kier molecular flexibility index (Phi) is 3.97. The molecule has 0 radical (unpaired) electrons.